The van der Waals surface area contributed by atoms with E-state index >= 15 is 0 Å². The topological polar surface area (TPSA) is 72.5 Å². The lowest BCUT2D eigenvalue weighted by molar-refractivity contribution is 0.102. The highest BCUT2D eigenvalue weighted by Crippen LogP contribution is 2.29. The lowest BCUT2D eigenvalue weighted by Crippen LogP contribution is -2.13. The van der Waals surface area contributed by atoms with Crippen molar-refractivity contribution >= 4 is 34.7 Å². The summed E-state index contributed by atoms with van der Waals surface area (Å²) in [4.78, 5) is 16.9. The number of aromatic nitrogens is 1. The SMILES string of the molecule is CCOc1ccccc1NC(=O)c1ccnc(Nc2ccc(OC)c(Cl)c2)c1. The summed E-state index contributed by atoms with van der Waals surface area (Å²) < 4.78 is 10.7. The molecular formula is C21H20ClN3O3. The average molecular weight is 398 g/mol. The summed E-state index contributed by atoms with van der Waals surface area (Å²) in [6.07, 6.45) is 1.57. The summed E-state index contributed by atoms with van der Waals surface area (Å²) in [7, 11) is 1.56. The number of nitrogens with zero attached hydrogens (tertiary/aromatic N) is 1. The lowest BCUT2D eigenvalue weighted by atomic mass is 10.2. The van der Waals surface area contributed by atoms with E-state index in [9.17, 15) is 4.79 Å². The van der Waals surface area contributed by atoms with Crippen LogP contribution in [0.5, 0.6) is 11.5 Å². The molecule has 28 heavy (non-hydrogen) atoms. The maximum Gasteiger partial charge on any atom is 0.255 e. The van der Waals surface area contributed by atoms with Gasteiger partial charge in [0.1, 0.15) is 17.3 Å². The maximum absolute atomic E-state index is 12.7. The maximum atomic E-state index is 12.7. The number of halogens is 1. The molecule has 3 aromatic rings. The van der Waals surface area contributed by atoms with E-state index in [1.54, 1.807) is 43.6 Å². The largest absolute Gasteiger partial charge is 0.495 e. The Morgan fingerprint density at radius 3 is 2.68 bits per heavy atom. The molecule has 7 heteroatoms. The van der Waals surface area contributed by atoms with Crippen LogP contribution in [0, 0.1) is 0 Å². The first kappa shape index (κ1) is 19.5. The van der Waals surface area contributed by atoms with E-state index in [1.165, 1.54) is 0 Å². The van der Waals surface area contributed by atoms with Gasteiger partial charge in [0.05, 0.1) is 24.4 Å². The summed E-state index contributed by atoms with van der Waals surface area (Å²) in [5.74, 6) is 1.47. The van der Waals surface area contributed by atoms with Gasteiger partial charge in [0.25, 0.3) is 5.91 Å². The molecule has 0 aliphatic heterocycles. The molecule has 3 rings (SSSR count). The molecule has 1 heterocycles. The summed E-state index contributed by atoms with van der Waals surface area (Å²) in [5, 5.41) is 6.48. The molecule has 0 aliphatic rings. The standard InChI is InChI=1S/C21H20ClN3O3/c1-3-28-19-7-5-4-6-17(19)25-21(26)14-10-11-23-20(12-14)24-15-8-9-18(27-2)16(22)13-15/h4-13H,3H2,1-2H3,(H,23,24)(H,25,26). The molecule has 6 nitrogen and oxygen atoms in total. The number of hydrogen-bond acceptors (Lipinski definition) is 5. The zero-order chi connectivity index (χ0) is 19.9. The molecule has 0 aliphatic carbocycles. The number of rotatable bonds is 7. The third-order valence-electron chi connectivity index (χ3n) is 3.88. The Hall–Kier alpha value is -3.25. The molecule has 0 radical (unpaired) electrons. The second kappa shape index (κ2) is 9.10. The van der Waals surface area contributed by atoms with E-state index in [0.717, 1.165) is 5.69 Å². The molecule has 0 spiro atoms. The van der Waals surface area contributed by atoms with Crippen molar-refractivity contribution in [2.75, 3.05) is 24.4 Å². The number of hydrogen-bond donors (Lipinski definition) is 2. The van der Waals surface area contributed by atoms with Gasteiger partial charge in [0.15, 0.2) is 0 Å². The fourth-order valence-electron chi connectivity index (χ4n) is 2.58. The van der Waals surface area contributed by atoms with Gasteiger partial charge >= 0.3 is 0 Å². The zero-order valence-corrected chi connectivity index (χ0v) is 16.3. The highest BCUT2D eigenvalue weighted by Gasteiger charge is 2.11. The van der Waals surface area contributed by atoms with Gasteiger partial charge in [-0.15, -0.1) is 0 Å². The van der Waals surface area contributed by atoms with E-state index < -0.39 is 0 Å². The van der Waals surface area contributed by atoms with Crippen LogP contribution in [-0.2, 0) is 0 Å². The van der Waals surface area contributed by atoms with Crippen LogP contribution in [0.2, 0.25) is 5.02 Å². The molecule has 0 saturated carbocycles. The van der Waals surface area contributed by atoms with Crippen molar-refractivity contribution in [3.05, 3.63) is 71.4 Å². The summed E-state index contributed by atoms with van der Waals surface area (Å²) >= 11 is 6.15. The van der Waals surface area contributed by atoms with Gasteiger partial charge in [0.2, 0.25) is 0 Å². The third-order valence-corrected chi connectivity index (χ3v) is 4.18. The minimum atomic E-state index is -0.259. The molecular weight excluding hydrogens is 378 g/mol. The number of carbonyl (C=O) groups excluding carboxylic acids is 1. The summed E-state index contributed by atoms with van der Waals surface area (Å²) in [6, 6.07) is 15.9. The van der Waals surface area contributed by atoms with Crippen LogP contribution in [0.4, 0.5) is 17.2 Å². The number of amides is 1. The minimum Gasteiger partial charge on any atom is -0.495 e. The van der Waals surface area contributed by atoms with Crippen LogP contribution in [-0.4, -0.2) is 24.6 Å². The van der Waals surface area contributed by atoms with E-state index in [4.69, 9.17) is 21.1 Å². The number of benzene rings is 2. The Morgan fingerprint density at radius 1 is 1.11 bits per heavy atom. The van der Waals surface area contributed by atoms with Crippen molar-refractivity contribution in [2.24, 2.45) is 0 Å². The number of methoxy groups -OCH3 is 1. The molecule has 0 bridgehead atoms. The van der Waals surface area contributed by atoms with Crippen molar-refractivity contribution in [3.63, 3.8) is 0 Å². The number of para-hydroxylation sites is 2. The summed E-state index contributed by atoms with van der Waals surface area (Å²) in [5.41, 5.74) is 1.81. The second-order valence-corrected chi connectivity index (χ2v) is 6.19. The van der Waals surface area contributed by atoms with Gasteiger partial charge in [-0.2, -0.15) is 0 Å². The molecule has 144 valence electrons. The van der Waals surface area contributed by atoms with E-state index in [2.05, 4.69) is 15.6 Å². The first-order valence-electron chi connectivity index (χ1n) is 8.70. The van der Waals surface area contributed by atoms with Gasteiger partial charge in [-0.05, 0) is 49.4 Å². The number of ether oxygens (including phenoxy) is 2. The first-order chi connectivity index (χ1) is 13.6. The number of pyridine rings is 1. The van der Waals surface area contributed by atoms with Crippen molar-refractivity contribution in [2.45, 2.75) is 6.92 Å². The Labute approximate surface area is 168 Å². The highest BCUT2D eigenvalue weighted by atomic mass is 35.5. The Morgan fingerprint density at radius 2 is 1.93 bits per heavy atom. The van der Waals surface area contributed by atoms with Gasteiger partial charge in [-0.3, -0.25) is 4.79 Å². The van der Waals surface area contributed by atoms with Crippen molar-refractivity contribution in [3.8, 4) is 11.5 Å². The molecule has 0 fully saturated rings. The van der Waals surface area contributed by atoms with Crippen LogP contribution in [0.3, 0.4) is 0 Å². The van der Waals surface area contributed by atoms with Crippen molar-refractivity contribution < 1.29 is 14.3 Å². The van der Waals surface area contributed by atoms with E-state index in [-0.39, 0.29) is 5.91 Å². The lowest BCUT2D eigenvalue weighted by Gasteiger charge is -2.12. The van der Waals surface area contributed by atoms with E-state index in [1.807, 2.05) is 31.2 Å². The molecule has 0 atom stereocenters. The smallest absolute Gasteiger partial charge is 0.255 e. The number of anilines is 3. The molecule has 1 aromatic heterocycles. The molecule has 2 aromatic carbocycles. The molecule has 0 saturated heterocycles. The summed E-state index contributed by atoms with van der Waals surface area (Å²) in [6.45, 7) is 2.41. The number of nitrogens with one attached hydrogen (secondary N) is 2. The van der Waals surface area contributed by atoms with Crippen LogP contribution in [0.1, 0.15) is 17.3 Å². The number of carbonyl (C=O) groups is 1. The Bertz CT molecular complexity index is 979. The van der Waals surface area contributed by atoms with Crippen LogP contribution in [0.25, 0.3) is 0 Å². The Balaban J connectivity index is 1.76. The van der Waals surface area contributed by atoms with Gasteiger partial charge in [0, 0.05) is 17.4 Å². The fraction of sp³-hybridized carbons (Fsp3) is 0.143. The minimum absolute atomic E-state index is 0.259. The molecule has 1 amide bonds. The second-order valence-electron chi connectivity index (χ2n) is 5.79. The van der Waals surface area contributed by atoms with Gasteiger partial charge < -0.3 is 20.1 Å². The highest BCUT2D eigenvalue weighted by molar-refractivity contribution is 6.32. The Kier molecular flexibility index (Phi) is 6.34. The predicted octanol–water partition coefficient (Wildman–Crippen LogP) is 5.14. The first-order valence-corrected chi connectivity index (χ1v) is 9.08. The van der Waals surface area contributed by atoms with Crippen molar-refractivity contribution in [1.29, 1.82) is 0 Å². The van der Waals surface area contributed by atoms with Crippen LogP contribution in [0.15, 0.2) is 60.8 Å². The quantitative estimate of drug-likeness (QED) is 0.577. The van der Waals surface area contributed by atoms with Gasteiger partial charge in [-0.25, -0.2) is 4.98 Å². The van der Waals surface area contributed by atoms with Gasteiger partial charge in [-0.1, -0.05) is 23.7 Å². The fourth-order valence-corrected chi connectivity index (χ4v) is 2.84. The van der Waals surface area contributed by atoms with Crippen molar-refractivity contribution in [1.82, 2.24) is 4.98 Å². The third kappa shape index (κ3) is 4.72. The normalized spacial score (nSPS) is 10.2. The predicted molar refractivity (Wildman–Crippen MR) is 111 cm³/mol. The van der Waals surface area contributed by atoms with E-state index in [0.29, 0.717) is 40.2 Å². The average Bonchev–Trinajstić information content (AvgIpc) is 2.70. The van der Waals surface area contributed by atoms with Crippen LogP contribution < -0.4 is 20.1 Å². The zero-order valence-electron chi connectivity index (χ0n) is 15.5. The molecule has 2 N–H and O–H groups in total. The molecule has 0 unspecified atom stereocenters. The van der Waals surface area contributed by atoms with Crippen LogP contribution >= 0.6 is 11.6 Å². The monoisotopic (exact) mass is 397 g/mol.